The summed E-state index contributed by atoms with van der Waals surface area (Å²) in [6.07, 6.45) is 26.0. The fraction of sp³-hybridized carbons (Fsp3) is 0.818. The molecule has 25 heavy (non-hydrogen) atoms. The van der Waals surface area contributed by atoms with Crippen molar-refractivity contribution in [3.8, 4) is 0 Å². The molecule has 144 valence electrons. The van der Waals surface area contributed by atoms with E-state index in [-0.39, 0.29) is 0 Å². The third-order valence-electron chi connectivity index (χ3n) is 5.02. The maximum Gasteiger partial charge on any atom is 0.171 e. The Kier molecular flexibility index (Phi) is 14.5. The molecule has 1 aliphatic rings. The fourth-order valence-electron chi connectivity index (χ4n) is 3.36. The summed E-state index contributed by atoms with van der Waals surface area (Å²) in [6.45, 7) is 2.29. The number of hydrogen-bond donors (Lipinski definition) is 0. The number of unbranched alkanes of at least 4 members (excludes halogenated alkanes) is 13. The third-order valence-corrected chi connectivity index (χ3v) is 5.69. The molecule has 1 saturated heterocycles. The van der Waals surface area contributed by atoms with E-state index in [1.807, 2.05) is 0 Å². The zero-order chi connectivity index (χ0) is 18.2. The molecule has 1 unspecified atom stereocenters. The first-order valence-corrected chi connectivity index (χ1v) is 11.4. The van der Waals surface area contributed by atoms with Crippen LogP contribution in [0, 0.1) is 5.92 Å². The summed E-state index contributed by atoms with van der Waals surface area (Å²) in [5.74, 6) is 0.338. The molecular formula is C22H38OS2. The maximum absolute atomic E-state index is 5.28. The van der Waals surface area contributed by atoms with E-state index in [9.17, 15) is 0 Å². The van der Waals surface area contributed by atoms with Crippen LogP contribution in [0.1, 0.15) is 110 Å². The molecule has 0 bridgehead atoms. The molecule has 1 fully saturated rings. The summed E-state index contributed by atoms with van der Waals surface area (Å²) in [4.78, 5) is 0. The van der Waals surface area contributed by atoms with E-state index in [1.54, 1.807) is 0 Å². The van der Waals surface area contributed by atoms with Gasteiger partial charge in [-0.1, -0.05) is 96.1 Å². The molecule has 0 aliphatic carbocycles. The monoisotopic (exact) mass is 382 g/mol. The lowest BCUT2D eigenvalue weighted by Crippen LogP contribution is -2.03. The van der Waals surface area contributed by atoms with Crippen molar-refractivity contribution < 1.29 is 4.74 Å². The van der Waals surface area contributed by atoms with Crippen LogP contribution in [0.25, 0.3) is 0 Å². The van der Waals surface area contributed by atoms with Gasteiger partial charge in [0.05, 0.1) is 0 Å². The predicted octanol–water partition coefficient (Wildman–Crippen LogP) is 8.11. The van der Waals surface area contributed by atoms with Crippen LogP contribution in [-0.4, -0.2) is 10.1 Å². The fourth-order valence-corrected chi connectivity index (χ4v) is 3.98. The molecule has 1 atom stereocenters. The van der Waals surface area contributed by atoms with Gasteiger partial charge in [0.15, 0.2) is 10.1 Å². The molecule has 0 N–H and O–H groups in total. The van der Waals surface area contributed by atoms with Crippen LogP contribution in [0.2, 0.25) is 0 Å². The van der Waals surface area contributed by atoms with Gasteiger partial charge < -0.3 is 4.74 Å². The Bertz CT molecular complexity index is 389. The second kappa shape index (κ2) is 15.9. The highest BCUT2D eigenvalue weighted by Gasteiger charge is 2.25. The zero-order valence-electron chi connectivity index (χ0n) is 16.3. The van der Waals surface area contributed by atoms with Crippen LogP contribution in [-0.2, 0) is 4.74 Å². The number of thiocarbonyl (C=S) groups is 2. The van der Waals surface area contributed by atoms with Crippen LogP contribution in [0.15, 0.2) is 12.2 Å². The van der Waals surface area contributed by atoms with Crippen molar-refractivity contribution in [3.05, 3.63) is 12.2 Å². The predicted molar refractivity (Wildman–Crippen MR) is 118 cm³/mol. The second-order valence-corrected chi connectivity index (χ2v) is 8.29. The molecule has 0 spiro atoms. The first-order valence-electron chi connectivity index (χ1n) is 10.6. The van der Waals surface area contributed by atoms with Crippen LogP contribution in [0.3, 0.4) is 0 Å². The van der Waals surface area contributed by atoms with Gasteiger partial charge in [-0.15, -0.1) is 0 Å². The minimum absolute atomic E-state index is 0.338. The topological polar surface area (TPSA) is 9.23 Å². The molecule has 0 amide bonds. The van der Waals surface area contributed by atoms with Gasteiger partial charge in [-0.3, -0.25) is 0 Å². The van der Waals surface area contributed by atoms with Gasteiger partial charge >= 0.3 is 0 Å². The summed E-state index contributed by atoms with van der Waals surface area (Å²) in [7, 11) is 0. The normalized spacial score (nSPS) is 17.6. The summed E-state index contributed by atoms with van der Waals surface area (Å²) in [5, 5.41) is 1.36. The Balaban J connectivity index is 1.78. The highest BCUT2D eigenvalue weighted by Crippen LogP contribution is 2.22. The summed E-state index contributed by atoms with van der Waals surface area (Å²) >= 11 is 10.2. The third kappa shape index (κ3) is 12.7. The van der Waals surface area contributed by atoms with E-state index < -0.39 is 0 Å². The summed E-state index contributed by atoms with van der Waals surface area (Å²) in [6, 6.07) is 0. The largest absolute Gasteiger partial charge is 0.443 e. The van der Waals surface area contributed by atoms with E-state index in [1.165, 1.54) is 89.9 Å². The smallest absolute Gasteiger partial charge is 0.171 e. The number of allylic oxidation sites excluding steroid dienone is 2. The number of rotatable bonds is 16. The molecule has 1 heterocycles. The molecule has 0 aromatic heterocycles. The standard InChI is InChI=1S/C22H38OS2/c1-2-3-4-5-6-7-8-9-10-11-12-13-14-15-16-17-18-20-19-21(24)23-22(20)25/h16-17,20H,2-15,18-19H2,1H3. The maximum atomic E-state index is 5.28. The number of ether oxygens (including phenoxy) is 1. The molecule has 0 aromatic carbocycles. The van der Waals surface area contributed by atoms with Crippen molar-refractivity contribution >= 4 is 34.5 Å². The van der Waals surface area contributed by atoms with Gasteiger partial charge in [-0.2, -0.15) is 0 Å². The molecule has 1 rings (SSSR count). The highest BCUT2D eigenvalue weighted by molar-refractivity contribution is 7.81. The molecule has 0 saturated carbocycles. The van der Waals surface area contributed by atoms with E-state index in [2.05, 4.69) is 19.1 Å². The van der Waals surface area contributed by atoms with Gasteiger partial charge in [-0.05, 0) is 43.7 Å². The van der Waals surface area contributed by atoms with E-state index in [0.29, 0.717) is 16.0 Å². The van der Waals surface area contributed by atoms with Gasteiger partial charge in [0, 0.05) is 12.3 Å². The minimum atomic E-state index is 0.338. The van der Waals surface area contributed by atoms with Crippen molar-refractivity contribution in [3.63, 3.8) is 0 Å². The van der Waals surface area contributed by atoms with Crippen molar-refractivity contribution in [2.45, 2.75) is 110 Å². The molecule has 0 aromatic rings. The lowest BCUT2D eigenvalue weighted by molar-refractivity contribution is 0.540. The second-order valence-electron chi connectivity index (χ2n) is 7.43. The molecule has 3 heteroatoms. The first kappa shape index (κ1) is 22.8. The van der Waals surface area contributed by atoms with Crippen LogP contribution >= 0.6 is 24.4 Å². The average Bonchev–Trinajstić information content (AvgIpc) is 2.92. The molecule has 1 nitrogen and oxygen atoms in total. The van der Waals surface area contributed by atoms with E-state index in [4.69, 9.17) is 29.2 Å². The van der Waals surface area contributed by atoms with Gasteiger partial charge in [-0.25, -0.2) is 0 Å². The Hall–Kier alpha value is -0.280. The van der Waals surface area contributed by atoms with Crippen LogP contribution in [0.4, 0.5) is 0 Å². The van der Waals surface area contributed by atoms with E-state index >= 15 is 0 Å². The molecule has 0 radical (unpaired) electrons. The quantitative estimate of drug-likeness (QED) is 0.151. The van der Waals surface area contributed by atoms with Gasteiger partial charge in [0.2, 0.25) is 0 Å². The van der Waals surface area contributed by atoms with Crippen LogP contribution in [0.5, 0.6) is 0 Å². The highest BCUT2D eigenvalue weighted by atomic mass is 32.1. The summed E-state index contributed by atoms with van der Waals surface area (Å²) in [5.41, 5.74) is 0. The van der Waals surface area contributed by atoms with Crippen molar-refractivity contribution in [2.24, 2.45) is 5.92 Å². The lowest BCUT2D eigenvalue weighted by Gasteiger charge is -2.03. The zero-order valence-corrected chi connectivity index (χ0v) is 17.9. The van der Waals surface area contributed by atoms with Crippen molar-refractivity contribution in [1.29, 1.82) is 0 Å². The van der Waals surface area contributed by atoms with Crippen molar-refractivity contribution in [1.82, 2.24) is 0 Å². The Morgan fingerprint density at radius 2 is 1.32 bits per heavy atom. The van der Waals surface area contributed by atoms with Gasteiger partial charge in [0.25, 0.3) is 0 Å². The number of hydrogen-bond acceptors (Lipinski definition) is 3. The average molecular weight is 383 g/mol. The lowest BCUT2D eigenvalue weighted by atomic mass is 10.0. The van der Waals surface area contributed by atoms with Crippen molar-refractivity contribution in [2.75, 3.05) is 0 Å². The molecular weight excluding hydrogens is 344 g/mol. The SMILES string of the molecule is CCCCCCCCCCCCCCCC=CCC1CC(=S)OC1=S. The Morgan fingerprint density at radius 1 is 0.800 bits per heavy atom. The first-order chi connectivity index (χ1) is 12.2. The Morgan fingerprint density at radius 3 is 1.80 bits per heavy atom. The van der Waals surface area contributed by atoms with E-state index in [0.717, 1.165) is 12.8 Å². The summed E-state index contributed by atoms with van der Waals surface area (Å²) < 4.78 is 5.28. The Labute approximate surface area is 167 Å². The van der Waals surface area contributed by atoms with Crippen LogP contribution < -0.4 is 0 Å². The van der Waals surface area contributed by atoms with Gasteiger partial charge in [0.1, 0.15) is 0 Å². The minimum Gasteiger partial charge on any atom is -0.443 e. The molecule has 1 aliphatic heterocycles.